The van der Waals surface area contributed by atoms with Gasteiger partial charge in [-0.2, -0.15) is 0 Å². The molecule has 0 saturated carbocycles. The van der Waals surface area contributed by atoms with Crippen LogP contribution in [-0.2, 0) is 9.59 Å². The standard InChI is InChI=1S/C14H18N4O2/c19-13-7-11(8-17-13)14(20)18-6-5-16-12(9-18)10-1-3-15-4-2-10/h1-4,11-12,16H,5-9H2,(H,17,19). The van der Waals surface area contributed by atoms with Crippen LogP contribution >= 0.6 is 0 Å². The van der Waals surface area contributed by atoms with Crippen LogP contribution in [0.5, 0.6) is 0 Å². The summed E-state index contributed by atoms with van der Waals surface area (Å²) in [6.45, 7) is 2.59. The maximum atomic E-state index is 12.4. The second kappa shape index (κ2) is 5.58. The number of hydrogen-bond donors (Lipinski definition) is 2. The number of amides is 2. The molecule has 1 aromatic rings. The Morgan fingerprint density at radius 3 is 2.85 bits per heavy atom. The summed E-state index contributed by atoms with van der Waals surface area (Å²) in [7, 11) is 0. The zero-order valence-electron chi connectivity index (χ0n) is 11.2. The summed E-state index contributed by atoms with van der Waals surface area (Å²) in [5, 5.41) is 6.14. The summed E-state index contributed by atoms with van der Waals surface area (Å²) in [4.78, 5) is 29.5. The van der Waals surface area contributed by atoms with Crippen molar-refractivity contribution >= 4 is 11.8 Å². The van der Waals surface area contributed by atoms with Crippen molar-refractivity contribution in [3.8, 4) is 0 Å². The number of hydrogen-bond acceptors (Lipinski definition) is 4. The molecule has 6 nitrogen and oxygen atoms in total. The van der Waals surface area contributed by atoms with E-state index in [1.807, 2.05) is 17.0 Å². The minimum absolute atomic E-state index is 0.0239. The summed E-state index contributed by atoms with van der Waals surface area (Å²) < 4.78 is 0. The molecule has 0 radical (unpaired) electrons. The summed E-state index contributed by atoms with van der Waals surface area (Å²) in [5.41, 5.74) is 1.14. The molecular formula is C14H18N4O2. The van der Waals surface area contributed by atoms with E-state index in [0.29, 0.717) is 26.1 Å². The van der Waals surface area contributed by atoms with E-state index in [4.69, 9.17) is 0 Å². The largest absolute Gasteiger partial charge is 0.355 e. The molecule has 20 heavy (non-hydrogen) atoms. The van der Waals surface area contributed by atoms with Crippen molar-refractivity contribution in [2.24, 2.45) is 5.92 Å². The van der Waals surface area contributed by atoms with Crippen molar-refractivity contribution in [1.82, 2.24) is 20.5 Å². The molecule has 2 saturated heterocycles. The van der Waals surface area contributed by atoms with Gasteiger partial charge in [-0.3, -0.25) is 14.6 Å². The minimum atomic E-state index is -0.196. The van der Waals surface area contributed by atoms with Crippen LogP contribution in [0.1, 0.15) is 18.0 Å². The zero-order chi connectivity index (χ0) is 13.9. The Morgan fingerprint density at radius 2 is 2.15 bits per heavy atom. The molecule has 2 amide bonds. The predicted octanol–water partition coefficient (Wildman–Crippen LogP) is -0.309. The monoisotopic (exact) mass is 274 g/mol. The first-order valence-electron chi connectivity index (χ1n) is 6.93. The van der Waals surface area contributed by atoms with Gasteiger partial charge in [0.15, 0.2) is 0 Å². The Bertz CT molecular complexity index is 505. The highest BCUT2D eigenvalue weighted by molar-refractivity contribution is 5.89. The smallest absolute Gasteiger partial charge is 0.228 e. The van der Waals surface area contributed by atoms with Crippen LogP contribution in [0.3, 0.4) is 0 Å². The number of nitrogens with one attached hydrogen (secondary N) is 2. The van der Waals surface area contributed by atoms with Gasteiger partial charge in [-0.05, 0) is 17.7 Å². The van der Waals surface area contributed by atoms with Crippen LogP contribution in [0.15, 0.2) is 24.5 Å². The average molecular weight is 274 g/mol. The van der Waals surface area contributed by atoms with Crippen LogP contribution in [0.2, 0.25) is 0 Å². The van der Waals surface area contributed by atoms with Crippen LogP contribution in [0, 0.1) is 5.92 Å². The lowest BCUT2D eigenvalue weighted by molar-refractivity contribution is -0.137. The summed E-state index contributed by atoms with van der Waals surface area (Å²) in [6.07, 6.45) is 3.84. The highest BCUT2D eigenvalue weighted by Gasteiger charge is 2.33. The van der Waals surface area contributed by atoms with E-state index < -0.39 is 0 Å². The Hall–Kier alpha value is -1.95. The molecule has 0 bridgehead atoms. The van der Waals surface area contributed by atoms with Gasteiger partial charge in [0.25, 0.3) is 0 Å². The molecular weight excluding hydrogens is 256 g/mol. The van der Waals surface area contributed by atoms with Gasteiger partial charge in [-0.1, -0.05) is 0 Å². The van der Waals surface area contributed by atoms with E-state index in [2.05, 4.69) is 15.6 Å². The average Bonchev–Trinajstić information content (AvgIpc) is 2.94. The molecule has 6 heteroatoms. The number of carbonyl (C=O) groups excluding carboxylic acids is 2. The Kier molecular flexibility index (Phi) is 3.64. The number of aromatic nitrogens is 1. The van der Waals surface area contributed by atoms with Gasteiger partial charge >= 0.3 is 0 Å². The maximum absolute atomic E-state index is 12.4. The van der Waals surface area contributed by atoms with Gasteiger partial charge < -0.3 is 15.5 Å². The molecule has 0 spiro atoms. The Labute approximate surface area is 117 Å². The van der Waals surface area contributed by atoms with Crippen molar-refractivity contribution in [3.63, 3.8) is 0 Å². The topological polar surface area (TPSA) is 74.3 Å². The van der Waals surface area contributed by atoms with Gasteiger partial charge in [0, 0.05) is 45.0 Å². The van der Waals surface area contributed by atoms with Gasteiger partial charge in [-0.25, -0.2) is 0 Å². The number of nitrogens with zero attached hydrogens (tertiary/aromatic N) is 2. The third kappa shape index (κ3) is 2.65. The fraction of sp³-hybridized carbons (Fsp3) is 0.500. The van der Waals surface area contributed by atoms with Crippen molar-refractivity contribution < 1.29 is 9.59 Å². The summed E-state index contributed by atoms with van der Waals surface area (Å²) in [6, 6.07) is 4.07. The molecule has 106 valence electrons. The first-order chi connectivity index (χ1) is 9.74. The van der Waals surface area contributed by atoms with Crippen molar-refractivity contribution in [3.05, 3.63) is 30.1 Å². The molecule has 1 aromatic heterocycles. The van der Waals surface area contributed by atoms with Gasteiger partial charge in [0.05, 0.1) is 12.0 Å². The fourth-order valence-corrected chi connectivity index (χ4v) is 2.81. The zero-order valence-corrected chi connectivity index (χ0v) is 11.2. The first-order valence-corrected chi connectivity index (χ1v) is 6.93. The van der Waals surface area contributed by atoms with E-state index in [0.717, 1.165) is 12.1 Å². The van der Waals surface area contributed by atoms with E-state index in [1.54, 1.807) is 12.4 Å². The van der Waals surface area contributed by atoms with Crippen LogP contribution in [0.4, 0.5) is 0 Å². The number of carbonyl (C=O) groups is 2. The van der Waals surface area contributed by atoms with E-state index in [1.165, 1.54) is 0 Å². The van der Waals surface area contributed by atoms with Crippen LogP contribution in [0.25, 0.3) is 0 Å². The second-order valence-electron chi connectivity index (χ2n) is 5.28. The quantitative estimate of drug-likeness (QED) is 0.776. The predicted molar refractivity (Wildman–Crippen MR) is 72.7 cm³/mol. The van der Waals surface area contributed by atoms with Gasteiger partial charge in [0.2, 0.25) is 11.8 Å². The molecule has 2 aliphatic rings. The second-order valence-corrected chi connectivity index (χ2v) is 5.28. The molecule has 2 aliphatic heterocycles. The highest BCUT2D eigenvalue weighted by Crippen LogP contribution is 2.20. The molecule has 0 aromatic carbocycles. The third-order valence-electron chi connectivity index (χ3n) is 3.92. The fourth-order valence-electron chi connectivity index (χ4n) is 2.81. The molecule has 2 unspecified atom stereocenters. The normalized spacial score (nSPS) is 26.4. The molecule has 3 rings (SSSR count). The van der Waals surface area contributed by atoms with E-state index >= 15 is 0 Å². The first kappa shape index (κ1) is 13.1. The van der Waals surface area contributed by atoms with E-state index in [-0.39, 0.29) is 23.8 Å². The molecule has 2 fully saturated rings. The number of pyridine rings is 1. The lowest BCUT2D eigenvalue weighted by Crippen LogP contribution is -2.50. The van der Waals surface area contributed by atoms with E-state index in [9.17, 15) is 9.59 Å². The molecule has 2 atom stereocenters. The molecule has 0 aliphatic carbocycles. The maximum Gasteiger partial charge on any atom is 0.228 e. The molecule has 3 heterocycles. The van der Waals surface area contributed by atoms with Crippen molar-refractivity contribution in [1.29, 1.82) is 0 Å². The number of piperazine rings is 1. The SMILES string of the molecule is O=C1CC(C(=O)N2CCNC(c3ccncc3)C2)CN1. The molecule has 2 N–H and O–H groups in total. The summed E-state index contributed by atoms with van der Waals surface area (Å²) >= 11 is 0. The van der Waals surface area contributed by atoms with Gasteiger partial charge in [0.1, 0.15) is 0 Å². The lowest BCUT2D eigenvalue weighted by atomic mass is 10.0. The Morgan fingerprint density at radius 1 is 1.35 bits per heavy atom. The van der Waals surface area contributed by atoms with Gasteiger partial charge in [-0.15, -0.1) is 0 Å². The van der Waals surface area contributed by atoms with Crippen molar-refractivity contribution in [2.45, 2.75) is 12.5 Å². The van der Waals surface area contributed by atoms with Crippen LogP contribution in [-0.4, -0.2) is 47.9 Å². The van der Waals surface area contributed by atoms with Crippen molar-refractivity contribution in [2.75, 3.05) is 26.2 Å². The lowest BCUT2D eigenvalue weighted by Gasteiger charge is -2.35. The number of rotatable bonds is 2. The minimum Gasteiger partial charge on any atom is -0.355 e. The summed E-state index contributed by atoms with van der Waals surface area (Å²) in [5.74, 6) is -0.133. The van der Waals surface area contributed by atoms with Crippen LogP contribution < -0.4 is 10.6 Å². The third-order valence-corrected chi connectivity index (χ3v) is 3.92. The Balaban J connectivity index is 1.66. The highest BCUT2D eigenvalue weighted by atomic mass is 16.2.